The Balaban J connectivity index is 1.29. The lowest BCUT2D eigenvalue weighted by Crippen LogP contribution is -2.47. The van der Waals surface area contributed by atoms with Gasteiger partial charge in [0.2, 0.25) is 5.91 Å². The van der Waals surface area contributed by atoms with Crippen LogP contribution in [0.25, 0.3) is 10.9 Å². The molecule has 35 heavy (non-hydrogen) atoms. The molecule has 2 amide bonds. The molecule has 3 aromatic rings. The van der Waals surface area contributed by atoms with Gasteiger partial charge in [-0.1, -0.05) is 48.0 Å². The lowest BCUT2D eigenvalue weighted by Gasteiger charge is -2.40. The van der Waals surface area contributed by atoms with Crippen LogP contribution in [0.1, 0.15) is 47.6 Å². The van der Waals surface area contributed by atoms with E-state index in [2.05, 4.69) is 22.2 Å². The number of carbonyl (C=O) groups excluding carboxylic acids is 2. The standard InChI is InChI=1S/C28H33ClN4O2/c1-32-13-9-19(10-14-32)20-11-15-33(16-12-20)28(35)26(21-5-3-2-4-6-21)31-27(34)22-7-8-23-24(29)18-30-25(23)17-22/h2-8,17-20,26,30H,9-16H2,1H3,(H,31,34)/t26-/m1/s1. The van der Waals surface area contributed by atoms with Crippen LogP contribution >= 0.6 is 11.6 Å². The van der Waals surface area contributed by atoms with Crippen molar-refractivity contribution >= 4 is 34.3 Å². The van der Waals surface area contributed by atoms with Gasteiger partial charge in [-0.2, -0.15) is 0 Å². The maximum absolute atomic E-state index is 13.7. The lowest BCUT2D eigenvalue weighted by molar-refractivity contribution is -0.135. The smallest absolute Gasteiger partial charge is 0.252 e. The Labute approximate surface area is 211 Å². The first-order valence-corrected chi connectivity index (χ1v) is 13.0. The minimum Gasteiger partial charge on any atom is -0.360 e. The quantitative estimate of drug-likeness (QED) is 0.533. The zero-order chi connectivity index (χ0) is 24.4. The van der Waals surface area contributed by atoms with Gasteiger partial charge in [0.1, 0.15) is 6.04 Å². The Morgan fingerprint density at radius 3 is 2.31 bits per heavy atom. The van der Waals surface area contributed by atoms with E-state index in [0.717, 1.165) is 48.3 Å². The van der Waals surface area contributed by atoms with Gasteiger partial charge in [-0.15, -0.1) is 0 Å². The molecule has 0 aliphatic carbocycles. The fourth-order valence-corrected chi connectivity index (χ4v) is 5.87. The molecule has 0 spiro atoms. The maximum Gasteiger partial charge on any atom is 0.252 e. The highest BCUT2D eigenvalue weighted by molar-refractivity contribution is 6.35. The second-order valence-electron chi connectivity index (χ2n) is 10.0. The number of fused-ring (bicyclic) bond motifs is 1. The number of rotatable bonds is 5. The molecule has 7 heteroatoms. The maximum atomic E-state index is 13.7. The van der Waals surface area contributed by atoms with Crippen LogP contribution in [0, 0.1) is 11.8 Å². The van der Waals surface area contributed by atoms with Crippen molar-refractivity contribution in [1.82, 2.24) is 20.1 Å². The summed E-state index contributed by atoms with van der Waals surface area (Å²) in [5, 5.41) is 4.50. The zero-order valence-electron chi connectivity index (χ0n) is 20.2. The highest BCUT2D eigenvalue weighted by Crippen LogP contribution is 2.33. The number of H-pyrrole nitrogens is 1. The molecule has 1 atom stereocenters. The molecule has 2 aliphatic heterocycles. The number of aromatic amines is 1. The largest absolute Gasteiger partial charge is 0.360 e. The molecular weight excluding hydrogens is 460 g/mol. The second-order valence-corrected chi connectivity index (χ2v) is 10.4. The van der Waals surface area contributed by atoms with Crippen LogP contribution in [0.15, 0.2) is 54.7 Å². The molecule has 2 saturated heterocycles. The summed E-state index contributed by atoms with van der Waals surface area (Å²) < 4.78 is 0. The number of likely N-dealkylation sites (tertiary alicyclic amines) is 2. The Kier molecular flexibility index (Phi) is 7.12. The van der Waals surface area contributed by atoms with Crippen molar-refractivity contribution in [3.8, 4) is 0 Å². The highest BCUT2D eigenvalue weighted by Gasteiger charge is 2.33. The molecule has 0 unspecified atom stereocenters. The van der Waals surface area contributed by atoms with E-state index < -0.39 is 6.04 Å². The van der Waals surface area contributed by atoms with Crippen molar-refractivity contribution in [1.29, 1.82) is 0 Å². The van der Waals surface area contributed by atoms with Gasteiger partial charge in [0.15, 0.2) is 0 Å². The molecule has 2 aliphatic rings. The van der Waals surface area contributed by atoms with Gasteiger partial charge in [-0.05, 0) is 75.4 Å². The van der Waals surface area contributed by atoms with Crippen molar-refractivity contribution in [2.24, 2.45) is 11.8 Å². The number of piperidine rings is 2. The van der Waals surface area contributed by atoms with Gasteiger partial charge >= 0.3 is 0 Å². The van der Waals surface area contributed by atoms with E-state index in [1.165, 1.54) is 25.9 Å². The number of nitrogens with one attached hydrogen (secondary N) is 2. The average molecular weight is 493 g/mol. The number of amides is 2. The van der Waals surface area contributed by atoms with Crippen LogP contribution in [-0.4, -0.2) is 59.8 Å². The first kappa shape index (κ1) is 23.9. The number of nitrogens with zero attached hydrogens (tertiary/aromatic N) is 2. The molecule has 0 saturated carbocycles. The van der Waals surface area contributed by atoms with E-state index in [1.54, 1.807) is 18.3 Å². The summed E-state index contributed by atoms with van der Waals surface area (Å²) in [5.74, 6) is 1.15. The van der Waals surface area contributed by atoms with E-state index >= 15 is 0 Å². The highest BCUT2D eigenvalue weighted by atomic mass is 35.5. The predicted molar refractivity (Wildman–Crippen MR) is 139 cm³/mol. The van der Waals surface area contributed by atoms with E-state index in [1.807, 2.05) is 41.3 Å². The molecule has 0 bridgehead atoms. The Hall–Kier alpha value is -2.83. The van der Waals surface area contributed by atoms with E-state index in [0.29, 0.717) is 16.5 Å². The number of hydrogen-bond acceptors (Lipinski definition) is 3. The molecule has 1 aromatic heterocycles. The van der Waals surface area contributed by atoms with Crippen LogP contribution in [-0.2, 0) is 4.79 Å². The minimum absolute atomic E-state index is 0.0321. The summed E-state index contributed by atoms with van der Waals surface area (Å²) in [7, 11) is 2.20. The number of carbonyl (C=O) groups is 2. The van der Waals surface area contributed by atoms with Crippen molar-refractivity contribution in [3.63, 3.8) is 0 Å². The van der Waals surface area contributed by atoms with Gasteiger partial charge in [0.25, 0.3) is 5.91 Å². The monoisotopic (exact) mass is 492 g/mol. The normalized spacial score (nSPS) is 19.1. The number of hydrogen-bond donors (Lipinski definition) is 2. The summed E-state index contributed by atoms with van der Waals surface area (Å²) in [5.41, 5.74) is 2.08. The number of benzene rings is 2. The molecule has 2 N–H and O–H groups in total. The fraction of sp³-hybridized carbons (Fsp3) is 0.429. The topological polar surface area (TPSA) is 68.4 Å². The Bertz CT molecular complexity index is 1180. The summed E-state index contributed by atoms with van der Waals surface area (Å²) in [6, 6.07) is 14.2. The van der Waals surface area contributed by atoms with E-state index in [9.17, 15) is 9.59 Å². The van der Waals surface area contributed by atoms with Gasteiger partial charge in [-0.25, -0.2) is 0 Å². The average Bonchev–Trinajstić information content (AvgIpc) is 3.27. The molecule has 6 nitrogen and oxygen atoms in total. The second kappa shape index (κ2) is 10.4. The molecular formula is C28H33ClN4O2. The summed E-state index contributed by atoms with van der Waals surface area (Å²) >= 11 is 6.18. The van der Waals surface area contributed by atoms with Crippen LogP contribution < -0.4 is 5.32 Å². The van der Waals surface area contributed by atoms with Crippen LogP contribution in [0.4, 0.5) is 0 Å². The van der Waals surface area contributed by atoms with Crippen LogP contribution in [0.2, 0.25) is 5.02 Å². The SMILES string of the molecule is CN1CCC(C2CCN(C(=O)[C@H](NC(=O)c3ccc4c(Cl)c[nH]c4c3)c3ccccc3)CC2)CC1. The fourth-order valence-electron chi connectivity index (χ4n) is 5.65. The first-order valence-electron chi connectivity index (χ1n) is 12.6. The van der Waals surface area contributed by atoms with Gasteiger partial charge in [-0.3, -0.25) is 9.59 Å². The van der Waals surface area contributed by atoms with Crippen LogP contribution in [0.3, 0.4) is 0 Å². The van der Waals surface area contributed by atoms with Gasteiger partial charge < -0.3 is 20.1 Å². The molecule has 5 rings (SSSR count). The molecule has 2 fully saturated rings. The predicted octanol–water partition coefficient (Wildman–Crippen LogP) is 4.87. The third-order valence-corrected chi connectivity index (χ3v) is 8.14. The van der Waals surface area contributed by atoms with E-state index in [-0.39, 0.29) is 11.8 Å². The van der Waals surface area contributed by atoms with Crippen molar-refractivity contribution in [3.05, 3.63) is 70.9 Å². The summed E-state index contributed by atoms with van der Waals surface area (Å²) in [4.78, 5) is 34.3. The van der Waals surface area contributed by atoms with Crippen molar-refractivity contribution in [2.75, 3.05) is 33.2 Å². The molecule has 3 heterocycles. The number of aromatic nitrogens is 1. The Morgan fingerprint density at radius 1 is 0.971 bits per heavy atom. The molecule has 2 aromatic carbocycles. The minimum atomic E-state index is -0.716. The summed E-state index contributed by atoms with van der Waals surface area (Å²) in [6.45, 7) is 3.85. The third kappa shape index (κ3) is 5.24. The third-order valence-electron chi connectivity index (χ3n) is 7.83. The number of halogens is 1. The zero-order valence-corrected chi connectivity index (χ0v) is 20.9. The molecule has 0 radical (unpaired) electrons. The molecule has 184 valence electrons. The van der Waals surface area contributed by atoms with Crippen LogP contribution in [0.5, 0.6) is 0 Å². The van der Waals surface area contributed by atoms with Gasteiger partial charge in [0.05, 0.1) is 5.02 Å². The summed E-state index contributed by atoms with van der Waals surface area (Å²) in [6.07, 6.45) is 6.31. The van der Waals surface area contributed by atoms with E-state index in [4.69, 9.17) is 11.6 Å². The van der Waals surface area contributed by atoms with Gasteiger partial charge in [0, 0.05) is 35.8 Å². The van der Waals surface area contributed by atoms with Crippen molar-refractivity contribution in [2.45, 2.75) is 31.7 Å². The first-order chi connectivity index (χ1) is 17.0. The lowest BCUT2D eigenvalue weighted by atomic mass is 9.79. The Morgan fingerprint density at radius 2 is 1.63 bits per heavy atom. The van der Waals surface area contributed by atoms with Crippen molar-refractivity contribution < 1.29 is 9.59 Å².